The maximum absolute atomic E-state index is 6.26. The van der Waals surface area contributed by atoms with Crippen molar-refractivity contribution in [3.05, 3.63) is 0 Å². The first-order chi connectivity index (χ1) is 9.94. The molecule has 0 aromatic rings. The van der Waals surface area contributed by atoms with E-state index in [1.54, 1.807) is 0 Å². The average molecular weight is 332 g/mol. The van der Waals surface area contributed by atoms with E-state index in [-0.39, 0.29) is 5.60 Å². The molecular weight excluding hydrogens is 298 g/mol. The number of thioether (sulfide) groups is 2. The summed E-state index contributed by atoms with van der Waals surface area (Å²) in [6.07, 6.45) is 5.03. The Morgan fingerprint density at radius 3 is 2.67 bits per heavy atom. The molecule has 2 aliphatic heterocycles. The van der Waals surface area contributed by atoms with Crippen molar-refractivity contribution in [2.24, 2.45) is 5.92 Å². The first-order valence-electron chi connectivity index (χ1n) is 8.53. The summed E-state index contributed by atoms with van der Waals surface area (Å²) < 4.78 is 6.62. The topological polar surface area (TPSA) is 21.3 Å². The lowest BCUT2D eigenvalue weighted by atomic mass is 9.79. The lowest BCUT2D eigenvalue weighted by Crippen LogP contribution is -2.49. The standard InChI is InChI=1S/C17H33NOS2/c1-5-18-15(13-21-16(2,3)4)14-6-9-19-17(12-14)7-10-20-11-8-17/h14-15,18H,5-13H2,1-4H3. The Labute approximate surface area is 139 Å². The fourth-order valence-electron chi connectivity index (χ4n) is 3.46. The molecular formula is C17H33NOS2. The molecule has 0 aromatic heterocycles. The molecule has 0 amide bonds. The van der Waals surface area contributed by atoms with E-state index in [1.165, 1.54) is 42.9 Å². The van der Waals surface area contributed by atoms with Gasteiger partial charge < -0.3 is 10.1 Å². The Kier molecular flexibility index (Phi) is 6.79. The summed E-state index contributed by atoms with van der Waals surface area (Å²) in [6, 6.07) is 0.648. The lowest BCUT2D eigenvalue weighted by molar-refractivity contribution is -0.106. The first kappa shape index (κ1) is 18.0. The molecule has 1 N–H and O–H groups in total. The van der Waals surface area contributed by atoms with Crippen LogP contribution in [0.15, 0.2) is 0 Å². The third-order valence-corrected chi connectivity index (χ3v) is 7.04. The van der Waals surface area contributed by atoms with Gasteiger partial charge in [-0.3, -0.25) is 0 Å². The third-order valence-electron chi connectivity index (χ3n) is 4.67. The van der Waals surface area contributed by atoms with Crippen molar-refractivity contribution in [2.45, 2.75) is 69.8 Å². The van der Waals surface area contributed by atoms with Crippen LogP contribution in [0.4, 0.5) is 0 Å². The predicted molar refractivity (Wildman–Crippen MR) is 97.6 cm³/mol. The molecule has 0 aromatic carbocycles. The van der Waals surface area contributed by atoms with Crippen LogP contribution in [0.5, 0.6) is 0 Å². The molecule has 0 radical (unpaired) electrons. The van der Waals surface area contributed by atoms with Gasteiger partial charge in [0.05, 0.1) is 5.60 Å². The Hall–Kier alpha value is 0.620. The number of rotatable bonds is 5. The van der Waals surface area contributed by atoms with Crippen LogP contribution < -0.4 is 5.32 Å². The van der Waals surface area contributed by atoms with E-state index in [9.17, 15) is 0 Å². The second-order valence-electron chi connectivity index (χ2n) is 7.48. The summed E-state index contributed by atoms with van der Waals surface area (Å²) in [4.78, 5) is 0. The van der Waals surface area contributed by atoms with Gasteiger partial charge in [0.2, 0.25) is 0 Å². The predicted octanol–water partition coefficient (Wildman–Crippen LogP) is 4.19. The molecule has 2 nitrogen and oxygen atoms in total. The van der Waals surface area contributed by atoms with Gasteiger partial charge >= 0.3 is 0 Å². The van der Waals surface area contributed by atoms with E-state index >= 15 is 0 Å². The molecule has 4 heteroatoms. The van der Waals surface area contributed by atoms with E-state index in [1.807, 2.05) is 0 Å². The van der Waals surface area contributed by atoms with Gasteiger partial charge in [0, 0.05) is 23.1 Å². The highest BCUT2D eigenvalue weighted by molar-refractivity contribution is 8.00. The van der Waals surface area contributed by atoms with Gasteiger partial charge in [0.1, 0.15) is 0 Å². The second kappa shape index (κ2) is 7.94. The summed E-state index contributed by atoms with van der Waals surface area (Å²) in [6.45, 7) is 11.3. The van der Waals surface area contributed by atoms with Gasteiger partial charge in [0.25, 0.3) is 0 Å². The Morgan fingerprint density at radius 2 is 2.05 bits per heavy atom. The van der Waals surface area contributed by atoms with E-state index < -0.39 is 0 Å². The highest BCUT2D eigenvalue weighted by atomic mass is 32.2. The van der Waals surface area contributed by atoms with Gasteiger partial charge in [-0.05, 0) is 49.7 Å². The first-order valence-corrected chi connectivity index (χ1v) is 10.7. The highest BCUT2D eigenvalue weighted by Gasteiger charge is 2.41. The van der Waals surface area contributed by atoms with Crippen LogP contribution in [-0.2, 0) is 4.74 Å². The van der Waals surface area contributed by atoms with Gasteiger partial charge in [-0.15, -0.1) is 0 Å². The van der Waals surface area contributed by atoms with E-state index in [0.29, 0.717) is 10.8 Å². The molecule has 21 heavy (non-hydrogen) atoms. The minimum atomic E-state index is 0.217. The molecule has 2 unspecified atom stereocenters. The van der Waals surface area contributed by atoms with Crippen molar-refractivity contribution in [3.8, 4) is 0 Å². The zero-order chi connectivity index (χ0) is 15.3. The minimum absolute atomic E-state index is 0.217. The van der Waals surface area contributed by atoms with E-state index in [2.05, 4.69) is 56.5 Å². The molecule has 2 heterocycles. The summed E-state index contributed by atoms with van der Waals surface area (Å²) in [7, 11) is 0. The molecule has 2 saturated heterocycles. The van der Waals surface area contributed by atoms with Crippen molar-refractivity contribution < 1.29 is 4.74 Å². The van der Waals surface area contributed by atoms with E-state index in [4.69, 9.17) is 4.74 Å². The molecule has 124 valence electrons. The quantitative estimate of drug-likeness (QED) is 0.815. The van der Waals surface area contributed by atoms with Crippen molar-refractivity contribution in [3.63, 3.8) is 0 Å². The minimum Gasteiger partial charge on any atom is -0.375 e. The molecule has 0 saturated carbocycles. The SMILES string of the molecule is CCNC(CSC(C)(C)C)C1CCOC2(CCSCC2)C1. The molecule has 2 fully saturated rings. The highest BCUT2D eigenvalue weighted by Crippen LogP contribution is 2.41. The van der Waals surface area contributed by atoms with Crippen LogP contribution in [-0.4, -0.2) is 46.8 Å². The molecule has 2 aliphatic rings. The van der Waals surface area contributed by atoms with Crippen molar-refractivity contribution in [1.82, 2.24) is 5.32 Å². The maximum Gasteiger partial charge on any atom is 0.0701 e. The van der Waals surface area contributed by atoms with Crippen molar-refractivity contribution in [1.29, 1.82) is 0 Å². The number of nitrogens with one attached hydrogen (secondary N) is 1. The summed E-state index contributed by atoms with van der Waals surface area (Å²) in [5.74, 6) is 4.59. The fraction of sp³-hybridized carbons (Fsp3) is 1.00. The van der Waals surface area contributed by atoms with E-state index in [0.717, 1.165) is 19.1 Å². The van der Waals surface area contributed by atoms with Crippen LogP contribution in [0.1, 0.15) is 53.4 Å². The zero-order valence-electron chi connectivity index (χ0n) is 14.2. The monoisotopic (exact) mass is 331 g/mol. The van der Waals surface area contributed by atoms with Gasteiger partial charge in [-0.2, -0.15) is 23.5 Å². The Morgan fingerprint density at radius 1 is 1.33 bits per heavy atom. The van der Waals surface area contributed by atoms with Crippen LogP contribution in [0.3, 0.4) is 0 Å². The third kappa shape index (κ3) is 5.63. The average Bonchev–Trinajstić information content (AvgIpc) is 2.43. The summed E-state index contributed by atoms with van der Waals surface area (Å²) in [5, 5.41) is 3.77. The number of hydrogen-bond acceptors (Lipinski definition) is 4. The fourth-order valence-corrected chi connectivity index (χ4v) is 5.77. The smallest absolute Gasteiger partial charge is 0.0701 e. The Balaban J connectivity index is 1.95. The van der Waals surface area contributed by atoms with Crippen LogP contribution in [0.25, 0.3) is 0 Å². The summed E-state index contributed by atoms with van der Waals surface area (Å²) in [5.41, 5.74) is 0.217. The van der Waals surface area contributed by atoms with Gasteiger partial charge in [-0.25, -0.2) is 0 Å². The molecule has 0 bridgehead atoms. The van der Waals surface area contributed by atoms with Crippen molar-refractivity contribution in [2.75, 3.05) is 30.4 Å². The molecule has 2 rings (SSSR count). The van der Waals surface area contributed by atoms with Crippen molar-refractivity contribution >= 4 is 23.5 Å². The molecule has 2 atom stereocenters. The van der Waals surface area contributed by atoms with Gasteiger partial charge in [0.15, 0.2) is 0 Å². The second-order valence-corrected chi connectivity index (χ2v) is 10.6. The molecule has 1 spiro atoms. The van der Waals surface area contributed by atoms with Crippen LogP contribution in [0.2, 0.25) is 0 Å². The van der Waals surface area contributed by atoms with Crippen LogP contribution >= 0.6 is 23.5 Å². The van der Waals surface area contributed by atoms with Crippen LogP contribution in [0, 0.1) is 5.92 Å². The Bertz CT molecular complexity index is 305. The maximum atomic E-state index is 6.26. The number of hydrogen-bond donors (Lipinski definition) is 1. The number of ether oxygens (including phenoxy) is 1. The normalized spacial score (nSPS) is 27.7. The van der Waals surface area contributed by atoms with Gasteiger partial charge in [-0.1, -0.05) is 27.7 Å². The molecule has 0 aliphatic carbocycles. The zero-order valence-corrected chi connectivity index (χ0v) is 15.9. The summed E-state index contributed by atoms with van der Waals surface area (Å²) >= 11 is 4.20. The lowest BCUT2D eigenvalue weighted by Gasteiger charge is -2.45. The largest absolute Gasteiger partial charge is 0.375 e.